The molecule has 33 heavy (non-hydrogen) atoms. The third-order valence-corrected chi connectivity index (χ3v) is 4.71. The predicted molar refractivity (Wildman–Crippen MR) is 121 cm³/mol. The molecule has 0 saturated carbocycles. The molecule has 1 atom stereocenters. The number of nitrogens with zero attached hydrogens (tertiary/aromatic N) is 1. The Morgan fingerprint density at radius 2 is 1.94 bits per heavy atom. The molecule has 1 saturated heterocycles. The molecule has 0 unspecified atom stereocenters. The van der Waals surface area contributed by atoms with E-state index in [1.165, 1.54) is 13.3 Å². The number of rotatable bonds is 9. The first-order chi connectivity index (χ1) is 16.0. The zero-order valence-electron chi connectivity index (χ0n) is 18.2. The number of hydrogen-bond donors (Lipinski definition) is 3. The lowest BCUT2D eigenvalue weighted by Gasteiger charge is -2.11. The summed E-state index contributed by atoms with van der Waals surface area (Å²) in [6.07, 6.45) is 3.44. The number of amides is 3. The lowest BCUT2D eigenvalue weighted by Crippen LogP contribution is -2.35. The first-order valence-electron chi connectivity index (χ1n) is 10.4. The smallest absolute Gasteiger partial charge is 0.329 e. The second kappa shape index (κ2) is 12.2. The van der Waals surface area contributed by atoms with Gasteiger partial charge in [-0.05, 0) is 54.8 Å². The summed E-state index contributed by atoms with van der Waals surface area (Å²) in [7, 11) is 1.51. The van der Waals surface area contributed by atoms with Crippen LogP contribution in [0.3, 0.4) is 0 Å². The van der Waals surface area contributed by atoms with Crippen LogP contribution < -0.4 is 25.5 Å². The van der Waals surface area contributed by atoms with Crippen LogP contribution >= 0.6 is 0 Å². The average molecular weight is 454 g/mol. The van der Waals surface area contributed by atoms with Gasteiger partial charge in [-0.15, -0.1) is 0 Å². The average Bonchev–Trinajstić information content (AvgIpc) is 3.36. The van der Waals surface area contributed by atoms with Crippen LogP contribution in [0.2, 0.25) is 0 Å². The van der Waals surface area contributed by atoms with Crippen molar-refractivity contribution in [3.8, 4) is 11.5 Å². The van der Waals surface area contributed by atoms with E-state index in [1.54, 1.807) is 48.5 Å². The van der Waals surface area contributed by atoms with Crippen molar-refractivity contribution in [1.29, 1.82) is 0 Å². The van der Waals surface area contributed by atoms with Gasteiger partial charge in [0.15, 0.2) is 6.61 Å². The molecule has 3 rings (SSSR count). The molecule has 0 spiro atoms. The second-order valence-electron chi connectivity index (χ2n) is 7.18. The van der Waals surface area contributed by atoms with Crippen LogP contribution in [0.4, 0.5) is 5.69 Å². The molecule has 0 radical (unpaired) electrons. The van der Waals surface area contributed by atoms with Crippen molar-refractivity contribution >= 4 is 29.6 Å². The van der Waals surface area contributed by atoms with Gasteiger partial charge in [0.1, 0.15) is 11.5 Å². The van der Waals surface area contributed by atoms with E-state index in [0.29, 0.717) is 29.3 Å². The molecule has 10 heteroatoms. The zero-order chi connectivity index (χ0) is 23.5. The SMILES string of the molecule is COc1cccc(NC(=O)C(=O)N/N=C\c2ccc(OCC(=O)NC[C@@H]3CCCO3)cc2)c1. The maximum atomic E-state index is 12.0. The van der Waals surface area contributed by atoms with Crippen molar-refractivity contribution < 1.29 is 28.6 Å². The molecule has 3 amide bonds. The minimum absolute atomic E-state index is 0.0842. The fourth-order valence-corrected chi connectivity index (χ4v) is 2.99. The molecular weight excluding hydrogens is 428 g/mol. The van der Waals surface area contributed by atoms with E-state index in [1.807, 2.05) is 0 Å². The van der Waals surface area contributed by atoms with Gasteiger partial charge in [0.05, 0.1) is 19.4 Å². The Hall–Kier alpha value is -3.92. The van der Waals surface area contributed by atoms with E-state index in [0.717, 1.165) is 19.4 Å². The number of anilines is 1. The van der Waals surface area contributed by atoms with Crippen molar-refractivity contribution in [2.24, 2.45) is 5.10 Å². The Bertz CT molecular complexity index is 987. The van der Waals surface area contributed by atoms with Gasteiger partial charge in [-0.1, -0.05) is 6.07 Å². The minimum atomic E-state index is -0.914. The van der Waals surface area contributed by atoms with Gasteiger partial charge in [-0.3, -0.25) is 14.4 Å². The van der Waals surface area contributed by atoms with Crippen LogP contribution in [0.15, 0.2) is 53.6 Å². The van der Waals surface area contributed by atoms with Gasteiger partial charge in [-0.25, -0.2) is 5.43 Å². The molecule has 0 bridgehead atoms. The van der Waals surface area contributed by atoms with E-state index in [2.05, 4.69) is 21.2 Å². The molecule has 0 aliphatic carbocycles. The number of benzene rings is 2. The van der Waals surface area contributed by atoms with Crippen molar-refractivity contribution in [2.75, 3.05) is 32.2 Å². The Morgan fingerprint density at radius 1 is 1.12 bits per heavy atom. The predicted octanol–water partition coefficient (Wildman–Crippen LogP) is 1.46. The molecule has 10 nitrogen and oxygen atoms in total. The highest BCUT2D eigenvalue weighted by Crippen LogP contribution is 2.16. The molecule has 174 valence electrons. The molecule has 1 heterocycles. The van der Waals surface area contributed by atoms with Gasteiger partial charge in [-0.2, -0.15) is 5.10 Å². The minimum Gasteiger partial charge on any atom is -0.497 e. The van der Waals surface area contributed by atoms with E-state index >= 15 is 0 Å². The molecule has 1 fully saturated rings. The number of hydrogen-bond acceptors (Lipinski definition) is 7. The molecule has 1 aliphatic rings. The lowest BCUT2D eigenvalue weighted by molar-refractivity contribution is -0.136. The van der Waals surface area contributed by atoms with Gasteiger partial charge in [0, 0.05) is 24.9 Å². The third-order valence-electron chi connectivity index (χ3n) is 4.71. The fraction of sp³-hybridized carbons (Fsp3) is 0.304. The standard InChI is InChI=1S/C23H26N4O6/c1-31-19-5-2-4-17(12-19)26-22(29)23(30)27-25-13-16-7-9-18(10-8-16)33-15-21(28)24-14-20-6-3-11-32-20/h2,4-5,7-10,12-13,20H,3,6,11,14-15H2,1H3,(H,24,28)(H,26,29)(H,27,30)/b25-13-/t20-/m0/s1. The number of carbonyl (C=O) groups is 3. The van der Waals surface area contributed by atoms with Gasteiger partial charge in [0.2, 0.25) is 0 Å². The quantitative estimate of drug-likeness (QED) is 0.299. The normalized spacial score (nSPS) is 15.1. The number of nitrogens with one attached hydrogen (secondary N) is 3. The Labute approximate surface area is 191 Å². The monoisotopic (exact) mass is 454 g/mol. The topological polar surface area (TPSA) is 127 Å². The van der Waals surface area contributed by atoms with Crippen LogP contribution in [0.5, 0.6) is 11.5 Å². The first kappa shape index (κ1) is 23.7. The summed E-state index contributed by atoms with van der Waals surface area (Å²) in [5.74, 6) is -0.921. The van der Waals surface area contributed by atoms with Crippen LogP contribution in [0.1, 0.15) is 18.4 Å². The maximum Gasteiger partial charge on any atom is 0.329 e. The van der Waals surface area contributed by atoms with E-state index < -0.39 is 11.8 Å². The molecule has 2 aromatic rings. The molecule has 0 aromatic heterocycles. The van der Waals surface area contributed by atoms with Gasteiger partial charge >= 0.3 is 11.8 Å². The molecular formula is C23H26N4O6. The Balaban J connectivity index is 1.38. The highest BCUT2D eigenvalue weighted by Gasteiger charge is 2.16. The number of hydrazone groups is 1. The first-order valence-corrected chi connectivity index (χ1v) is 10.4. The molecule has 1 aliphatic heterocycles. The van der Waals surface area contributed by atoms with Crippen LogP contribution in [0, 0.1) is 0 Å². The lowest BCUT2D eigenvalue weighted by atomic mass is 10.2. The Kier molecular flexibility index (Phi) is 8.78. The van der Waals surface area contributed by atoms with Crippen molar-refractivity contribution in [2.45, 2.75) is 18.9 Å². The van der Waals surface area contributed by atoms with Crippen molar-refractivity contribution in [3.63, 3.8) is 0 Å². The summed E-state index contributed by atoms with van der Waals surface area (Å²) in [6, 6.07) is 13.4. The van der Waals surface area contributed by atoms with Crippen molar-refractivity contribution in [1.82, 2.24) is 10.7 Å². The second-order valence-corrected chi connectivity index (χ2v) is 7.18. The number of methoxy groups -OCH3 is 1. The third kappa shape index (κ3) is 7.93. The summed E-state index contributed by atoms with van der Waals surface area (Å²) in [6.45, 7) is 1.13. The van der Waals surface area contributed by atoms with E-state index in [9.17, 15) is 14.4 Å². The molecule has 2 aromatic carbocycles. The van der Waals surface area contributed by atoms with Crippen LogP contribution in [-0.4, -0.2) is 56.9 Å². The summed E-state index contributed by atoms with van der Waals surface area (Å²) in [4.78, 5) is 35.7. The summed E-state index contributed by atoms with van der Waals surface area (Å²) >= 11 is 0. The van der Waals surface area contributed by atoms with Gasteiger partial charge in [0.25, 0.3) is 5.91 Å². The van der Waals surface area contributed by atoms with Crippen LogP contribution in [0.25, 0.3) is 0 Å². The summed E-state index contributed by atoms with van der Waals surface area (Å²) < 4.78 is 16.0. The van der Waals surface area contributed by atoms with Gasteiger partial charge < -0.3 is 24.8 Å². The van der Waals surface area contributed by atoms with Crippen molar-refractivity contribution in [3.05, 3.63) is 54.1 Å². The highest BCUT2D eigenvalue weighted by molar-refractivity contribution is 6.39. The summed E-state index contributed by atoms with van der Waals surface area (Å²) in [5, 5.41) is 9.02. The zero-order valence-corrected chi connectivity index (χ0v) is 18.2. The van der Waals surface area contributed by atoms with E-state index in [4.69, 9.17) is 14.2 Å². The Morgan fingerprint density at radius 3 is 2.67 bits per heavy atom. The number of ether oxygens (including phenoxy) is 3. The summed E-state index contributed by atoms with van der Waals surface area (Å²) in [5.41, 5.74) is 3.26. The largest absolute Gasteiger partial charge is 0.497 e. The number of carbonyl (C=O) groups excluding carboxylic acids is 3. The van der Waals surface area contributed by atoms with Crippen LogP contribution in [-0.2, 0) is 19.1 Å². The fourth-order valence-electron chi connectivity index (χ4n) is 2.99. The highest BCUT2D eigenvalue weighted by atomic mass is 16.5. The maximum absolute atomic E-state index is 12.0. The molecule has 3 N–H and O–H groups in total. The van der Waals surface area contributed by atoms with E-state index in [-0.39, 0.29) is 18.6 Å².